The number of rotatable bonds is 10. The molecule has 2 saturated heterocycles. The first-order chi connectivity index (χ1) is 24.7. The zero-order valence-electron chi connectivity index (χ0n) is 29.5. The number of likely N-dealkylation sites (tertiary alicyclic amines) is 2. The van der Waals surface area contributed by atoms with Crippen LogP contribution in [0.5, 0.6) is 0 Å². The summed E-state index contributed by atoms with van der Waals surface area (Å²) in [6.45, 7) is 6.07. The molecule has 0 radical (unpaired) electrons. The predicted octanol–water partition coefficient (Wildman–Crippen LogP) is 8.09. The number of hydrogen-bond acceptors (Lipinski definition) is 5. The van der Waals surface area contributed by atoms with Crippen molar-refractivity contribution in [2.75, 3.05) is 32.7 Å². The lowest BCUT2D eigenvalue weighted by molar-refractivity contribution is -0.233. The van der Waals surface area contributed by atoms with Crippen molar-refractivity contribution in [3.63, 3.8) is 0 Å². The van der Waals surface area contributed by atoms with E-state index in [-0.39, 0.29) is 19.5 Å². The average Bonchev–Trinajstić information content (AvgIpc) is 3.27. The molecule has 1 aromatic heterocycles. The summed E-state index contributed by atoms with van der Waals surface area (Å²) in [6, 6.07) is 17.4. The molecule has 12 heteroatoms. The third kappa shape index (κ3) is 7.93. The van der Waals surface area contributed by atoms with Crippen LogP contribution in [0.1, 0.15) is 57.1 Å². The quantitative estimate of drug-likeness (QED) is 0.161. The molecule has 52 heavy (non-hydrogen) atoms. The number of amides is 1. The fourth-order valence-corrected chi connectivity index (χ4v) is 7.90. The van der Waals surface area contributed by atoms with Gasteiger partial charge in [-0.25, -0.2) is 13.6 Å². The number of aromatic nitrogens is 1. The molecular weight excluding hydrogens is 679 g/mol. The first-order valence-corrected chi connectivity index (χ1v) is 17.9. The van der Waals surface area contributed by atoms with Gasteiger partial charge in [0.2, 0.25) is 5.91 Å². The van der Waals surface area contributed by atoms with Crippen LogP contribution in [0, 0.1) is 10.8 Å². The molecule has 1 amide bonds. The second-order valence-electron chi connectivity index (χ2n) is 15.1. The summed E-state index contributed by atoms with van der Waals surface area (Å²) in [4.78, 5) is 34.5. The Hall–Kier alpha value is -4.16. The third-order valence-electron chi connectivity index (χ3n) is 11.1. The van der Waals surface area contributed by atoms with Gasteiger partial charge in [-0.1, -0.05) is 74.5 Å². The maximum absolute atomic E-state index is 14.4. The predicted molar refractivity (Wildman–Crippen MR) is 191 cm³/mol. The van der Waals surface area contributed by atoms with Gasteiger partial charge in [-0.3, -0.25) is 19.6 Å². The summed E-state index contributed by atoms with van der Waals surface area (Å²) >= 11 is 0. The van der Waals surface area contributed by atoms with E-state index >= 15 is 0 Å². The number of halogens is 5. The first-order valence-electron chi connectivity index (χ1n) is 17.9. The fraction of sp³-hybridized carbons (Fsp3) is 0.475. The summed E-state index contributed by atoms with van der Waals surface area (Å²) in [5.74, 6) is -2.94. The van der Waals surface area contributed by atoms with E-state index in [9.17, 15) is 36.6 Å². The molecule has 278 valence electrons. The van der Waals surface area contributed by atoms with Gasteiger partial charge in [0.25, 0.3) is 6.43 Å². The molecule has 7 nitrogen and oxygen atoms in total. The van der Waals surface area contributed by atoms with Crippen LogP contribution < -0.4 is 5.32 Å². The van der Waals surface area contributed by atoms with E-state index in [1.807, 2.05) is 48.7 Å². The number of piperidine rings is 1. The Morgan fingerprint density at radius 1 is 0.827 bits per heavy atom. The molecule has 2 fully saturated rings. The number of alkyl halides is 5. The van der Waals surface area contributed by atoms with Crippen LogP contribution in [0.25, 0.3) is 32.8 Å². The van der Waals surface area contributed by atoms with Crippen molar-refractivity contribution >= 4 is 33.4 Å². The number of nitrogens with zero attached hydrogens (tertiary/aromatic N) is 3. The molecular formula is C40H45F5N4O3. The number of pyridine rings is 1. The lowest BCUT2D eigenvalue weighted by atomic mass is 9.76. The van der Waals surface area contributed by atoms with Gasteiger partial charge in [0, 0.05) is 30.1 Å². The van der Waals surface area contributed by atoms with Crippen LogP contribution in [0.3, 0.4) is 0 Å². The number of hydrogen-bond donors (Lipinski definition) is 2. The lowest BCUT2D eigenvalue weighted by Gasteiger charge is -2.41. The number of carbonyl (C=O) groups excluding carboxylic acids is 1. The SMILES string of the molecule is CC1(C)CCCN(Cc2cnc(-c3cccc4c(C[C@H](NC(=O)C5(C(F)(F)F)CCN(CC(F)F)CC5)C(=O)O)cccc34)c3ccccc23)CC1. The summed E-state index contributed by atoms with van der Waals surface area (Å²) in [5.41, 5.74) is 0.689. The van der Waals surface area contributed by atoms with E-state index in [0.717, 1.165) is 65.5 Å². The van der Waals surface area contributed by atoms with Gasteiger partial charge in [0.1, 0.15) is 11.5 Å². The molecule has 1 atom stereocenters. The maximum Gasteiger partial charge on any atom is 0.403 e. The Bertz CT molecular complexity index is 1920. The number of carboxylic acids is 1. The molecule has 0 spiro atoms. The highest BCUT2D eigenvalue weighted by atomic mass is 19.4. The molecule has 0 aliphatic carbocycles. The smallest absolute Gasteiger partial charge is 0.403 e. The zero-order chi connectivity index (χ0) is 37.3. The number of benzene rings is 3. The first kappa shape index (κ1) is 37.6. The Kier molecular flexibility index (Phi) is 10.9. The summed E-state index contributed by atoms with van der Waals surface area (Å²) < 4.78 is 69.1. The monoisotopic (exact) mass is 724 g/mol. The van der Waals surface area contributed by atoms with Crippen molar-refractivity contribution in [1.82, 2.24) is 20.1 Å². The Morgan fingerprint density at radius 3 is 2.15 bits per heavy atom. The van der Waals surface area contributed by atoms with Crippen molar-refractivity contribution in [1.29, 1.82) is 0 Å². The van der Waals surface area contributed by atoms with Crippen molar-refractivity contribution in [3.8, 4) is 11.3 Å². The van der Waals surface area contributed by atoms with E-state index in [4.69, 9.17) is 4.98 Å². The van der Waals surface area contributed by atoms with E-state index in [1.54, 1.807) is 12.1 Å². The molecule has 3 heterocycles. The minimum absolute atomic E-state index is 0.271. The number of carboxylic acid groups (broad SMARTS) is 1. The molecule has 0 saturated carbocycles. The van der Waals surface area contributed by atoms with Gasteiger partial charge < -0.3 is 10.4 Å². The van der Waals surface area contributed by atoms with Crippen LogP contribution in [0.2, 0.25) is 0 Å². The molecule has 2 aliphatic rings. The van der Waals surface area contributed by atoms with Gasteiger partial charge in [0.15, 0.2) is 0 Å². The molecule has 2 aliphatic heterocycles. The number of aliphatic carboxylic acids is 1. The van der Waals surface area contributed by atoms with Gasteiger partial charge in [-0.15, -0.1) is 0 Å². The van der Waals surface area contributed by atoms with E-state index < -0.39 is 55.3 Å². The topological polar surface area (TPSA) is 85.8 Å². The van der Waals surface area contributed by atoms with E-state index in [1.165, 1.54) is 11.3 Å². The molecule has 4 aromatic rings. The highest BCUT2D eigenvalue weighted by Gasteiger charge is 2.61. The minimum atomic E-state index is -5.00. The van der Waals surface area contributed by atoms with Crippen molar-refractivity contribution in [2.24, 2.45) is 10.8 Å². The lowest BCUT2D eigenvalue weighted by Crippen LogP contribution is -2.59. The Morgan fingerprint density at radius 2 is 1.46 bits per heavy atom. The number of carbonyl (C=O) groups is 2. The standard InChI is InChI=1S/C40H45F5N4O3/c1-38(2)14-7-18-48(19-15-38)24-27-23-46-35(31-10-4-3-9-29(27)31)32-13-6-11-28-26(8-5-12-30(28)32)22-33(36(50)51)47-37(52)39(40(43,44)45)16-20-49(21-17-39)25-34(41)42/h3-6,8-13,23,33-34H,7,14-22,24-25H2,1-2H3,(H,47,52)(H,50,51)/t33-/m0/s1. The summed E-state index contributed by atoms with van der Waals surface area (Å²) in [5, 5.41) is 15.8. The van der Waals surface area contributed by atoms with Gasteiger partial charge in [-0.2, -0.15) is 13.2 Å². The summed E-state index contributed by atoms with van der Waals surface area (Å²) in [6.07, 6.45) is -4.07. The van der Waals surface area contributed by atoms with Crippen LogP contribution in [-0.4, -0.2) is 83.1 Å². The average molecular weight is 725 g/mol. The Labute approximate surface area is 300 Å². The van der Waals surface area contributed by atoms with Crippen LogP contribution in [-0.2, 0) is 22.6 Å². The van der Waals surface area contributed by atoms with Crippen LogP contribution >= 0.6 is 0 Å². The van der Waals surface area contributed by atoms with Gasteiger partial charge in [-0.05, 0) is 91.0 Å². The second-order valence-corrected chi connectivity index (χ2v) is 15.1. The third-order valence-corrected chi connectivity index (χ3v) is 11.1. The molecule has 6 rings (SSSR count). The zero-order valence-corrected chi connectivity index (χ0v) is 29.5. The number of fused-ring (bicyclic) bond motifs is 2. The van der Waals surface area contributed by atoms with Gasteiger partial charge >= 0.3 is 12.1 Å². The number of nitrogens with one attached hydrogen (secondary N) is 1. The largest absolute Gasteiger partial charge is 0.480 e. The molecule has 3 aromatic carbocycles. The molecule has 2 N–H and O–H groups in total. The van der Waals surface area contributed by atoms with E-state index in [0.29, 0.717) is 16.4 Å². The fourth-order valence-electron chi connectivity index (χ4n) is 7.90. The highest BCUT2D eigenvalue weighted by Crippen LogP contribution is 2.47. The van der Waals surface area contributed by atoms with Crippen molar-refractivity contribution in [2.45, 2.75) is 77.6 Å². The molecule has 0 unspecified atom stereocenters. The second kappa shape index (κ2) is 15.1. The van der Waals surface area contributed by atoms with Crippen molar-refractivity contribution < 1.29 is 36.6 Å². The van der Waals surface area contributed by atoms with Crippen LogP contribution in [0.4, 0.5) is 22.0 Å². The minimum Gasteiger partial charge on any atom is -0.480 e. The van der Waals surface area contributed by atoms with Gasteiger partial charge in [0.05, 0.1) is 12.2 Å². The highest BCUT2D eigenvalue weighted by molar-refractivity contribution is 6.05. The summed E-state index contributed by atoms with van der Waals surface area (Å²) in [7, 11) is 0. The van der Waals surface area contributed by atoms with Crippen LogP contribution in [0.15, 0.2) is 66.9 Å². The Balaban J connectivity index is 1.28. The van der Waals surface area contributed by atoms with E-state index in [2.05, 4.69) is 30.1 Å². The van der Waals surface area contributed by atoms with Crippen molar-refractivity contribution in [3.05, 3.63) is 78.0 Å². The maximum atomic E-state index is 14.4. The molecule has 0 bridgehead atoms. The normalized spacial score (nSPS) is 19.1.